The van der Waals surface area contributed by atoms with E-state index in [1.807, 2.05) is 58.9 Å². The van der Waals surface area contributed by atoms with Gasteiger partial charge in [-0.15, -0.1) is 5.10 Å². The number of carbonyl (C=O) groups is 1. The second-order valence-corrected chi connectivity index (χ2v) is 8.89. The van der Waals surface area contributed by atoms with Gasteiger partial charge in [0.2, 0.25) is 11.9 Å². The van der Waals surface area contributed by atoms with Crippen LogP contribution >= 0.6 is 0 Å². The Bertz CT molecular complexity index is 1300. The smallest absolute Gasteiger partial charge is 0.245 e. The Morgan fingerprint density at radius 1 is 1.06 bits per heavy atom. The first-order valence-corrected chi connectivity index (χ1v) is 11.4. The molecule has 1 saturated carbocycles. The van der Waals surface area contributed by atoms with Crippen molar-refractivity contribution in [1.82, 2.24) is 29.7 Å². The van der Waals surface area contributed by atoms with Gasteiger partial charge in [-0.1, -0.05) is 30.3 Å². The van der Waals surface area contributed by atoms with E-state index < -0.39 is 0 Å². The fourth-order valence-electron chi connectivity index (χ4n) is 4.67. The summed E-state index contributed by atoms with van der Waals surface area (Å²) >= 11 is 0. The highest BCUT2D eigenvalue weighted by Gasteiger charge is 2.53. The van der Waals surface area contributed by atoms with Crippen molar-refractivity contribution in [1.29, 1.82) is 0 Å². The largest absolute Gasteiger partial charge is 0.338 e. The van der Waals surface area contributed by atoms with Gasteiger partial charge in [0, 0.05) is 44.1 Å². The van der Waals surface area contributed by atoms with E-state index in [1.54, 1.807) is 0 Å². The first kappa shape index (κ1) is 19.8. The number of fused-ring (bicyclic) bond motifs is 1. The van der Waals surface area contributed by atoms with Crippen molar-refractivity contribution in [3.05, 3.63) is 66.0 Å². The number of aryl methyl sites for hydroxylation is 1. The van der Waals surface area contributed by atoms with E-state index in [-0.39, 0.29) is 11.3 Å². The van der Waals surface area contributed by atoms with Gasteiger partial charge in [0.15, 0.2) is 11.6 Å². The molecule has 168 valence electrons. The number of amides is 1. The maximum Gasteiger partial charge on any atom is 0.245 e. The number of aromatic amines is 1. The van der Waals surface area contributed by atoms with Gasteiger partial charge in [-0.05, 0) is 37.5 Å². The monoisotopic (exact) mass is 442 g/mol. The molecule has 1 amide bonds. The second-order valence-electron chi connectivity index (χ2n) is 8.89. The highest BCUT2D eigenvalue weighted by Crippen LogP contribution is 2.49. The summed E-state index contributed by atoms with van der Waals surface area (Å²) in [7, 11) is 0. The Hall–Kier alpha value is -3.88. The lowest BCUT2D eigenvalue weighted by Gasteiger charge is -2.36. The lowest BCUT2D eigenvalue weighted by molar-refractivity contribution is -0.134. The van der Waals surface area contributed by atoms with Crippen LogP contribution in [0.15, 0.2) is 54.7 Å². The van der Waals surface area contributed by atoms with Crippen molar-refractivity contribution in [3.63, 3.8) is 0 Å². The van der Waals surface area contributed by atoms with E-state index in [0.29, 0.717) is 43.8 Å². The number of hydrogen-bond donors (Lipinski definition) is 2. The van der Waals surface area contributed by atoms with Crippen LogP contribution in [-0.2, 0) is 10.2 Å². The molecule has 1 aliphatic heterocycles. The van der Waals surface area contributed by atoms with Crippen molar-refractivity contribution >= 4 is 29.0 Å². The number of carbonyl (C=O) groups excluding carboxylic acids is 1. The molecule has 1 saturated heterocycles. The predicted molar refractivity (Wildman–Crippen MR) is 126 cm³/mol. The zero-order valence-electron chi connectivity index (χ0n) is 18.5. The molecule has 2 aliphatic rings. The summed E-state index contributed by atoms with van der Waals surface area (Å²) in [5, 5.41) is 15.2. The van der Waals surface area contributed by atoms with Crippen LogP contribution in [0.4, 0.5) is 17.6 Å². The average Bonchev–Trinajstić information content (AvgIpc) is 3.34. The van der Waals surface area contributed by atoms with E-state index >= 15 is 0 Å². The van der Waals surface area contributed by atoms with E-state index in [0.717, 1.165) is 29.6 Å². The first-order valence-electron chi connectivity index (χ1n) is 11.4. The minimum absolute atomic E-state index is 0.256. The fraction of sp³-hybridized carbons (Fsp3) is 0.333. The molecule has 3 aromatic heterocycles. The normalized spacial score (nSPS) is 17.4. The van der Waals surface area contributed by atoms with Crippen LogP contribution in [0.1, 0.15) is 24.1 Å². The minimum Gasteiger partial charge on any atom is -0.338 e. The summed E-state index contributed by atoms with van der Waals surface area (Å²) in [4.78, 5) is 22.3. The molecule has 0 atom stereocenters. The topological polar surface area (TPSA) is 94.5 Å². The molecule has 0 unspecified atom stereocenters. The first-order chi connectivity index (χ1) is 16.1. The van der Waals surface area contributed by atoms with Gasteiger partial charge in [-0.25, -0.2) is 4.52 Å². The molecule has 9 heteroatoms. The highest BCUT2D eigenvalue weighted by atomic mass is 16.2. The van der Waals surface area contributed by atoms with Gasteiger partial charge in [0.1, 0.15) is 5.52 Å². The van der Waals surface area contributed by atoms with Gasteiger partial charge < -0.3 is 15.1 Å². The standard InChI is InChI=1S/C24H26N8O/c1-17-16-20(28-27-17)25-21-19-8-5-11-32(19)29-23(26-21)31-14-12-30(13-15-31)22(33)24(9-10-24)18-6-3-2-4-7-18/h2-8,11,16H,9-10,12-15H2,1H3,(H2,25,26,27,28,29). The quantitative estimate of drug-likeness (QED) is 0.494. The summed E-state index contributed by atoms with van der Waals surface area (Å²) in [6, 6.07) is 16.1. The van der Waals surface area contributed by atoms with Gasteiger partial charge in [-0.3, -0.25) is 9.89 Å². The molecule has 2 fully saturated rings. The molecule has 4 aromatic rings. The van der Waals surface area contributed by atoms with Crippen LogP contribution in [-0.4, -0.2) is 61.8 Å². The van der Waals surface area contributed by atoms with E-state index in [4.69, 9.17) is 10.1 Å². The molecular formula is C24H26N8O. The van der Waals surface area contributed by atoms with Crippen molar-refractivity contribution in [2.45, 2.75) is 25.2 Å². The van der Waals surface area contributed by atoms with Crippen LogP contribution in [0.25, 0.3) is 5.52 Å². The van der Waals surface area contributed by atoms with Crippen LogP contribution < -0.4 is 10.2 Å². The zero-order chi connectivity index (χ0) is 22.4. The van der Waals surface area contributed by atoms with Crippen molar-refractivity contribution in [2.75, 3.05) is 36.4 Å². The third-order valence-corrected chi connectivity index (χ3v) is 6.67. The van der Waals surface area contributed by atoms with Gasteiger partial charge in [0.05, 0.1) is 5.41 Å². The third-order valence-electron chi connectivity index (χ3n) is 6.67. The Labute approximate surface area is 191 Å². The lowest BCUT2D eigenvalue weighted by Crippen LogP contribution is -2.52. The number of nitrogens with one attached hydrogen (secondary N) is 2. The Morgan fingerprint density at radius 3 is 2.55 bits per heavy atom. The average molecular weight is 443 g/mol. The van der Waals surface area contributed by atoms with E-state index in [1.165, 1.54) is 0 Å². The number of benzene rings is 1. The second kappa shape index (κ2) is 7.61. The lowest BCUT2D eigenvalue weighted by atomic mass is 9.94. The molecule has 33 heavy (non-hydrogen) atoms. The SMILES string of the molecule is Cc1cc(Nc2nc(N3CCN(C(=O)C4(c5ccccc5)CC4)CC3)nn3cccc23)n[nH]1. The van der Waals surface area contributed by atoms with Gasteiger partial charge in [0.25, 0.3) is 0 Å². The maximum atomic E-state index is 13.4. The Kier molecular flexibility index (Phi) is 4.56. The van der Waals surface area contributed by atoms with Crippen LogP contribution in [0.2, 0.25) is 0 Å². The summed E-state index contributed by atoms with van der Waals surface area (Å²) in [5.74, 6) is 2.32. The predicted octanol–water partition coefficient (Wildman–Crippen LogP) is 2.88. The molecule has 9 nitrogen and oxygen atoms in total. The molecule has 2 N–H and O–H groups in total. The molecule has 0 radical (unpaired) electrons. The Morgan fingerprint density at radius 2 is 1.85 bits per heavy atom. The van der Waals surface area contributed by atoms with Crippen molar-refractivity contribution in [3.8, 4) is 0 Å². The van der Waals surface area contributed by atoms with Gasteiger partial charge >= 0.3 is 0 Å². The molecule has 1 aliphatic carbocycles. The molecule has 6 rings (SSSR count). The third kappa shape index (κ3) is 3.49. The van der Waals surface area contributed by atoms with Crippen molar-refractivity contribution < 1.29 is 4.79 Å². The number of piperazine rings is 1. The fourth-order valence-corrected chi connectivity index (χ4v) is 4.67. The molecule has 0 bridgehead atoms. The number of aromatic nitrogens is 5. The van der Waals surface area contributed by atoms with E-state index in [9.17, 15) is 4.79 Å². The number of anilines is 3. The highest BCUT2D eigenvalue weighted by molar-refractivity contribution is 5.91. The molecule has 1 aromatic carbocycles. The summed E-state index contributed by atoms with van der Waals surface area (Å²) in [6.07, 6.45) is 3.79. The van der Waals surface area contributed by atoms with Crippen LogP contribution in [0, 0.1) is 6.92 Å². The van der Waals surface area contributed by atoms with Crippen LogP contribution in [0.3, 0.4) is 0 Å². The number of hydrogen-bond acceptors (Lipinski definition) is 6. The zero-order valence-corrected chi connectivity index (χ0v) is 18.5. The molecular weight excluding hydrogens is 416 g/mol. The maximum absolute atomic E-state index is 13.4. The minimum atomic E-state index is -0.317. The summed E-state index contributed by atoms with van der Waals surface area (Å²) in [6.45, 7) is 4.69. The van der Waals surface area contributed by atoms with Crippen molar-refractivity contribution in [2.24, 2.45) is 0 Å². The van der Waals surface area contributed by atoms with Gasteiger partial charge in [-0.2, -0.15) is 10.1 Å². The number of H-pyrrole nitrogens is 1. The Balaban J connectivity index is 1.19. The summed E-state index contributed by atoms with van der Waals surface area (Å²) in [5.41, 5.74) is 2.68. The number of nitrogens with zero attached hydrogens (tertiary/aromatic N) is 6. The summed E-state index contributed by atoms with van der Waals surface area (Å²) < 4.78 is 1.83. The molecule has 4 heterocycles. The van der Waals surface area contributed by atoms with Crippen LogP contribution in [0.5, 0.6) is 0 Å². The van der Waals surface area contributed by atoms with E-state index in [2.05, 4.69) is 32.5 Å². The molecule has 0 spiro atoms. The number of rotatable bonds is 5.